The van der Waals surface area contributed by atoms with Gasteiger partial charge < -0.3 is 10.1 Å². The summed E-state index contributed by atoms with van der Waals surface area (Å²) in [5, 5.41) is 3.25. The maximum Gasteiger partial charge on any atom is 0.251 e. The van der Waals surface area contributed by atoms with Crippen LogP contribution in [0.3, 0.4) is 0 Å². The van der Waals surface area contributed by atoms with E-state index in [2.05, 4.69) is 10.3 Å². The van der Waals surface area contributed by atoms with Crippen molar-refractivity contribution < 1.29 is 9.53 Å². The summed E-state index contributed by atoms with van der Waals surface area (Å²) in [6.45, 7) is 4.27. The fourth-order valence-corrected chi connectivity index (χ4v) is 2.00. The first-order valence-electron chi connectivity index (χ1n) is 6.69. The summed E-state index contributed by atoms with van der Waals surface area (Å²) in [7, 11) is 0. The van der Waals surface area contributed by atoms with Crippen LogP contribution in [0.25, 0.3) is 0 Å². The molecule has 4 nitrogen and oxygen atoms in total. The number of nitrogens with zero attached hydrogens (tertiary/aromatic N) is 1. The summed E-state index contributed by atoms with van der Waals surface area (Å²) >= 11 is 6.12. The molecule has 0 fully saturated rings. The summed E-state index contributed by atoms with van der Waals surface area (Å²) in [6.07, 6.45) is 3.44. The number of halogens is 1. The number of pyridine rings is 1. The molecule has 1 heterocycles. The fourth-order valence-electron chi connectivity index (χ4n) is 1.78. The van der Waals surface area contributed by atoms with Gasteiger partial charge in [-0.1, -0.05) is 17.7 Å². The van der Waals surface area contributed by atoms with Gasteiger partial charge in [0.25, 0.3) is 5.91 Å². The van der Waals surface area contributed by atoms with Gasteiger partial charge >= 0.3 is 0 Å². The van der Waals surface area contributed by atoms with E-state index in [1.54, 1.807) is 30.6 Å². The third-order valence-electron chi connectivity index (χ3n) is 2.73. The minimum Gasteiger partial charge on any atom is -0.489 e. The molecule has 0 bridgehead atoms. The van der Waals surface area contributed by atoms with Crippen LogP contribution in [0.5, 0.6) is 5.75 Å². The van der Waals surface area contributed by atoms with Crippen LogP contribution in [0.2, 0.25) is 5.02 Å². The molecule has 0 aliphatic rings. The normalized spacial score (nSPS) is 10.5. The van der Waals surface area contributed by atoms with Crippen LogP contribution in [-0.2, 0) is 6.54 Å². The highest BCUT2D eigenvalue weighted by molar-refractivity contribution is 6.32. The largest absolute Gasteiger partial charge is 0.489 e. The number of nitrogens with one attached hydrogen (secondary N) is 1. The molecular formula is C16H17ClN2O2. The van der Waals surface area contributed by atoms with E-state index in [-0.39, 0.29) is 12.0 Å². The van der Waals surface area contributed by atoms with Crippen molar-refractivity contribution in [2.45, 2.75) is 26.5 Å². The molecule has 0 unspecified atom stereocenters. The van der Waals surface area contributed by atoms with Gasteiger partial charge in [0.05, 0.1) is 11.1 Å². The molecule has 1 N–H and O–H groups in total. The van der Waals surface area contributed by atoms with Gasteiger partial charge in [0, 0.05) is 24.5 Å². The summed E-state index contributed by atoms with van der Waals surface area (Å²) in [6, 6.07) is 8.75. The standard InChI is InChI=1S/C16H17ClN2O2/c1-11(2)21-15-6-5-13(8-14(15)17)16(20)19-10-12-4-3-7-18-9-12/h3-9,11H,10H2,1-2H3,(H,19,20). The second kappa shape index (κ2) is 7.09. The van der Waals surface area contributed by atoms with Gasteiger partial charge in [0.15, 0.2) is 0 Å². The number of amides is 1. The molecule has 110 valence electrons. The number of carbonyl (C=O) groups excluding carboxylic acids is 1. The van der Waals surface area contributed by atoms with E-state index in [0.29, 0.717) is 22.9 Å². The number of hydrogen-bond donors (Lipinski definition) is 1. The zero-order valence-electron chi connectivity index (χ0n) is 12.0. The van der Waals surface area contributed by atoms with E-state index in [9.17, 15) is 4.79 Å². The molecule has 0 aliphatic heterocycles. The quantitative estimate of drug-likeness (QED) is 0.920. The van der Waals surface area contributed by atoms with E-state index in [1.807, 2.05) is 26.0 Å². The highest BCUT2D eigenvalue weighted by atomic mass is 35.5. The summed E-state index contributed by atoms with van der Waals surface area (Å²) in [5.74, 6) is 0.396. The van der Waals surface area contributed by atoms with Crippen LogP contribution in [0.15, 0.2) is 42.7 Å². The molecule has 0 aliphatic carbocycles. The molecule has 0 radical (unpaired) electrons. The number of rotatable bonds is 5. The SMILES string of the molecule is CC(C)Oc1ccc(C(=O)NCc2cccnc2)cc1Cl. The number of hydrogen-bond acceptors (Lipinski definition) is 3. The van der Waals surface area contributed by atoms with Crippen molar-refractivity contribution in [2.24, 2.45) is 0 Å². The Morgan fingerprint density at radius 1 is 1.38 bits per heavy atom. The first kappa shape index (κ1) is 15.3. The molecule has 5 heteroatoms. The van der Waals surface area contributed by atoms with Gasteiger partial charge in [0.1, 0.15) is 5.75 Å². The second-order valence-electron chi connectivity index (χ2n) is 4.86. The average molecular weight is 305 g/mol. The maximum atomic E-state index is 12.1. The Balaban J connectivity index is 2.01. The van der Waals surface area contributed by atoms with Gasteiger partial charge in [-0.15, -0.1) is 0 Å². The molecule has 2 aromatic rings. The number of aromatic nitrogens is 1. The predicted molar refractivity (Wildman–Crippen MR) is 82.6 cm³/mol. The third-order valence-corrected chi connectivity index (χ3v) is 3.03. The molecule has 0 spiro atoms. The highest BCUT2D eigenvalue weighted by Crippen LogP contribution is 2.26. The van der Waals surface area contributed by atoms with Crippen molar-refractivity contribution in [3.05, 3.63) is 58.9 Å². The van der Waals surface area contributed by atoms with Crippen molar-refractivity contribution in [3.8, 4) is 5.75 Å². The zero-order valence-corrected chi connectivity index (χ0v) is 12.7. The van der Waals surface area contributed by atoms with Crippen LogP contribution in [-0.4, -0.2) is 17.0 Å². The lowest BCUT2D eigenvalue weighted by molar-refractivity contribution is 0.0951. The van der Waals surface area contributed by atoms with E-state index in [4.69, 9.17) is 16.3 Å². The Morgan fingerprint density at radius 3 is 2.81 bits per heavy atom. The van der Waals surface area contributed by atoms with Gasteiger partial charge in [0.2, 0.25) is 0 Å². The predicted octanol–water partition coefficient (Wildman–Crippen LogP) is 3.45. The van der Waals surface area contributed by atoms with E-state index in [0.717, 1.165) is 5.56 Å². The Labute approximate surface area is 129 Å². The molecule has 1 amide bonds. The molecule has 1 aromatic heterocycles. The monoisotopic (exact) mass is 304 g/mol. The molecule has 0 atom stereocenters. The van der Waals surface area contributed by atoms with Crippen molar-refractivity contribution in [1.82, 2.24) is 10.3 Å². The third kappa shape index (κ3) is 4.46. The van der Waals surface area contributed by atoms with Crippen molar-refractivity contribution in [1.29, 1.82) is 0 Å². The molecule has 1 aromatic carbocycles. The Bertz CT molecular complexity index is 615. The Kier molecular flexibility index (Phi) is 5.17. The summed E-state index contributed by atoms with van der Waals surface area (Å²) < 4.78 is 5.54. The van der Waals surface area contributed by atoms with E-state index in [1.165, 1.54) is 0 Å². The van der Waals surface area contributed by atoms with E-state index < -0.39 is 0 Å². The van der Waals surface area contributed by atoms with Gasteiger partial charge in [-0.05, 0) is 43.7 Å². The first-order chi connectivity index (χ1) is 10.1. The minimum absolute atomic E-state index is 0.0350. The molecule has 21 heavy (non-hydrogen) atoms. The van der Waals surface area contributed by atoms with Gasteiger partial charge in [-0.2, -0.15) is 0 Å². The second-order valence-corrected chi connectivity index (χ2v) is 5.26. The first-order valence-corrected chi connectivity index (χ1v) is 7.07. The van der Waals surface area contributed by atoms with Crippen molar-refractivity contribution in [2.75, 3.05) is 0 Å². The lowest BCUT2D eigenvalue weighted by Gasteiger charge is -2.12. The molecular weight excluding hydrogens is 288 g/mol. The van der Waals surface area contributed by atoms with Crippen LogP contribution in [0.1, 0.15) is 29.8 Å². The van der Waals surface area contributed by atoms with Crippen LogP contribution >= 0.6 is 11.6 Å². The summed E-state index contributed by atoms with van der Waals surface area (Å²) in [4.78, 5) is 16.1. The lowest BCUT2D eigenvalue weighted by atomic mass is 10.2. The smallest absolute Gasteiger partial charge is 0.251 e. The van der Waals surface area contributed by atoms with Gasteiger partial charge in [-0.3, -0.25) is 9.78 Å². The number of benzene rings is 1. The van der Waals surface area contributed by atoms with Crippen LogP contribution < -0.4 is 10.1 Å². The Hall–Kier alpha value is -2.07. The maximum absolute atomic E-state index is 12.1. The van der Waals surface area contributed by atoms with Crippen LogP contribution in [0, 0.1) is 0 Å². The number of carbonyl (C=O) groups is 1. The topological polar surface area (TPSA) is 51.2 Å². The van der Waals surface area contributed by atoms with Gasteiger partial charge in [-0.25, -0.2) is 0 Å². The highest BCUT2D eigenvalue weighted by Gasteiger charge is 2.10. The average Bonchev–Trinajstić information content (AvgIpc) is 2.47. The van der Waals surface area contributed by atoms with Crippen LogP contribution in [0.4, 0.5) is 0 Å². The zero-order chi connectivity index (χ0) is 15.2. The van der Waals surface area contributed by atoms with Crippen molar-refractivity contribution >= 4 is 17.5 Å². The summed E-state index contributed by atoms with van der Waals surface area (Å²) in [5.41, 5.74) is 1.44. The minimum atomic E-state index is -0.183. The fraction of sp³-hybridized carbons (Fsp3) is 0.250. The lowest BCUT2D eigenvalue weighted by Crippen LogP contribution is -2.22. The molecule has 0 saturated heterocycles. The van der Waals surface area contributed by atoms with E-state index >= 15 is 0 Å². The number of ether oxygens (including phenoxy) is 1. The molecule has 0 saturated carbocycles. The Morgan fingerprint density at radius 2 is 2.19 bits per heavy atom. The molecule has 2 rings (SSSR count). The van der Waals surface area contributed by atoms with Crippen molar-refractivity contribution in [3.63, 3.8) is 0 Å².